The molecule has 8 heteroatoms. The Morgan fingerprint density at radius 1 is 1.22 bits per heavy atom. The van der Waals surface area contributed by atoms with E-state index in [0.29, 0.717) is 25.3 Å². The topological polar surface area (TPSA) is 113 Å². The molecule has 0 aromatic rings. The zero-order valence-electron chi connectivity index (χ0n) is 16.1. The summed E-state index contributed by atoms with van der Waals surface area (Å²) in [7, 11) is 0. The molecule has 152 valence electrons. The number of esters is 1. The van der Waals surface area contributed by atoms with Crippen LogP contribution in [0.3, 0.4) is 0 Å². The molecule has 2 N–H and O–H groups in total. The molecule has 2 rings (SSSR count). The highest BCUT2D eigenvalue weighted by atomic mass is 16.5. The number of carbonyl (C=O) groups is 4. The normalized spacial score (nSPS) is 25.8. The highest BCUT2D eigenvalue weighted by Crippen LogP contribution is 2.32. The van der Waals surface area contributed by atoms with Crippen molar-refractivity contribution < 1.29 is 29.0 Å². The van der Waals surface area contributed by atoms with Gasteiger partial charge >= 0.3 is 11.9 Å². The largest absolute Gasteiger partial charge is 0.481 e. The van der Waals surface area contributed by atoms with Gasteiger partial charge in [-0.1, -0.05) is 26.7 Å². The van der Waals surface area contributed by atoms with Gasteiger partial charge in [0.1, 0.15) is 6.04 Å². The van der Waals surface area contributed by atoms with Crippen molar-refractivity contribution in [2.45, 2.75) is 58.4 Å². The van der Waals surface area contributed by atoms with Crippen molar-refractivity contribution in [1.82, 2.24) is 10.2 Å². The molecule has 27 heavy (non-hydrogen) atoms. The number of nitrogens with zero attached hydrogens (tertiary/aromatic N) is 1. The number of hydrogen-bond donors (Lipinski definition) is 2. The average Bonchev–Trinajstić information content (AvgIpc) is 2.62. The van der Waals surface area contributed by atoms with E-state index in [1.165, 1.54) is 4.90 Å². The van der Waals surface area contributed by atoms with Crippen LogP contribution in [-0.2, 0) is 23.9 Å². The van der Waals surface area contributed by atoms with Crippen LogP contribution in [0, 0.1) is 17.8 Å². The summed E-state index contributed by atoms with van der Waals surface area (Å²) < 4.78 is 5.19. The molecule has 2 amide bonds. The fraction of sp³-hybridized carbons (Fsp3) is 0.789. The van der Waals surface area contributed by atoms with Gasteiger partial charge in [0.2, 0.25) is 11.8 Å². The van der Waals surface area contributed by atoms with Crippen molar-refractivity contribution in [3.63, 3.8) is 0 Å². The number of ether oxygens (including phenoxy) is 1. The van der Waals surface area contributed by atoms with E-state index in [4.69, 9.17) is 4.74 Å². The molecule has 1 heterocycles. The first-order valence-corrected chi connectivity index (χ1v) is 9.78. The molecule has 1 saturated heterocycles. The van der Waals surface area contributed by atoms with E-state index in [1.807, 2.05) is 13.8 Å². The van der Waals surface area contributed by atoms with Crippen LogP contribution in [0.25, 0.3) is 0 Å². The number of carboxylic acids is 1. The van der Waals surface area contributed by atoms with Gasteiger partial charge in [-0.3, -0.25) is 19.2 Å². The second-order valence-electron chi connectivity index (χ2n) is 7.78. The number of carbonyl (C=O) groups excluding carboxylic acids is 3. The van der Waals surface area contributed by atoms with Crippen molar-refractivity contribution in [1.29, 1.82) is 0 Å². The third-order valence-corrected chi connectivity index (χ3v) is 5.33. The van der Waals surface area contributed by atoms with E-state index in [1.54, 1.807) is 0 Å². The van der Waals surface area contributed by atoms with Crippen LogP contribution in [0.5, 0.6) is 0 Å². The van der Waals surface area contributed by atoms with Gasteiger partial charge in [-0.05, 0) is 25.2 Å². The first kappa shape index (κ1) is 21.2. The Balaban J connectivity index is 2.05. The number of aliphatic carboxylic acids is 1. The number of nitrogens with one attached hydrogen (secondary N) is 1. The molecule has 0 aromatic carbocycles. The lowest BCUT2D eigenvalue weighted by Gasteiger charge is -2.39. The summed E-state index contributed by atoms with van der Waals surface area (Å²) in [5, 5.41) is 12.1. The molecule has 1 saturated carbocycles. The van der Waals surface area contributed by atoms with Crippen molar-refractivity contribution in [2.75, 3.05) is 19.7 Å². The van der Waals surface area contributed by atoms with Crippen LogP contribution in [0.1, 0.15) is 52.4 Å². The van der Waals surface area contributed by atoms with E-state index in [-0.39, 0.29) is 25.5 Å². The van der Waals surface area contributed by atoms with Gasteiger partial charge in [-0.25, -0.2) is 0 Å². The van der Waals surface area contributed by atoms with Crippen molar-refractivity contribution in [3.05, 3.63) is 0 Å². The second kappa shape index (κ2) is 9.71. The molecular formula is C19H30N2O6. The Morgan fingerprint density at radius 3 is 2.52 bits per heavy atom. The van der Waals surface area contributed by atoms with Gasteiger partial charge in [0.25, 0.3) is 0 Å². The van der Waals surface area contributed by atoms with Crippen LogP contribution in [0.4, 0.5) is 0 Å². The predicted octanol–water partition coefficient (Wildman–Crippen LogP) is 1.18. The van der Waals surface area contributed by atoms with Crippen LogP contribution >= 0.6 is 0 Å². The average molecular weight is 382 g/mol. The molecule has 3 atom stereocenters. The summed E-state index contributed by atoms with van der Waals surface area (Å²) in [5.41, 5.74) is 0. The van der Waals surface area contributed by atoms with Gasteiger partial charge in [-0.2, -0.15) is 0 Å². The summed E-state index contributed by atoms with van der Waals surface area (Å²) in [4.78, 5) is 50.4. The molecule has 0 aromatic heterocycles. The molecule has 0 bridgehead atoms. The number of piperazine rings is 1. The SMILES string of the molecule is CC(C)CCOC(=O)CC1C(=O)NCCN1C(=O)C1CCCCC1C(=O)O. The van der Waals surface area contributed by atoms with Gasteiger partial charge in [-0.15, -0.1) is 0 Å². The molecular weight excluding hydrogens is 352 g/mol. The second-order valence-corrected chi connectivity index (χ2v) is 7.78. The monoisotopic (exact) mass is 382 g/mol. The minimum absolute atomic E-state index is 0.208. The zero-order valence-corrected chi connectivity index (χ0v) is 16.1. The maximum Gasteiger partial charge on any atom is 0.308 e. The fourth-order valence-electron chi connectivity index (χ4n) is 3.74. The lowest BCUT2D eigenvalue weighted by atomic mass is 9.78. The zero-order chi connectivity index (χ0) is 20.0. The molecule has 2 fully saturated rings. The van der Waals surface area contributed by atoms with E-state index in [9.17, 15) is 24.3 Å². The van der Waals surface area contributed by atoms with Gasteiger partial charge < -0.3 is 20.1 Å². The molecule has 0 radical (unpaired) electrons. The van der Waals surface area contributed by atoms with Crippen molar-refractivity contribution in [2.24, 2.45) is 17.8 Å². The minimum Gasteiger partial charge on any atom is -0.481 e. The predicted molar refractivity (Wildman–Crippen MR) is 96.6 cm³/mol. The first-order chi connectivity index (χ1) is 12.8. The van der Waals surface area contributed by atoms with Gasteiger partial charge in [0.05, 0.1) is 24.9 Å². The third kappa shape index (κ3) is 5.68. The molecule has 2 aliphatic rings. The quantitative estimate of drug-likeness (QED) is 0.640. The smallest absolute Gasteiger partial charge is 0.308 e. The molecule has 1 aliphatic carbocycles. The molecule has 1 aliphatic heterocycles. The Bertz CT molecular complexity index is 577. The van der Waals surface area contributed by atoms with E-state index in [0.717, 1.165) is 19.3 Å². The minimum atomic E-state index is -0.973. The van der Waals surface area contributed by atoms with Crippen LogP contribution in [0.2, 0.25) is 0 Å². The number of amides is 2. The Morgan fingerprint density at radius 2 is 1.89 bits per heavy atom. The van der Waals surface area contributed by atoms with Crippen LogP contribution in [0.15, 0.2) is 0 Å². The number of carboxylic acid groups (broad SMARTS) is 1. The van der Waals surface area contributed by atoms with Crippen molar-refractivity contribution >= 4 is 23.8 Å². The van der Waals surface area contributed by atoms with Gasteiger partial charge in [0.15, 0.2) is 0 Å². The number of hydrogen-bond acceptors (Lipinski definition) is 5. The third-order valence-electron chi connectivity index (χ3n) is 5.33. The van der Waals surface area contributed by atoms with E-state index >= 15 is 0 Å². The Labute approximate surface area is 159 Å². The molecule has 3 unspecified atom stereocenters. The highest BCUT2D eigenvalue weighted by Gasteiger charge is 2.42. The van der Waals surface area contributed by atoms with E-state index in [2.05, 4.69) is 5.32 Å². The van der Waals surface area contributed by atoms with Crippen LogP contribution in [-0.4, -0.2) is 59.5 Å². The summed E-state index contributed by atoms with van der Waals surface area (Å²) in [5.74, 6) is -3.19. The summed E-state index contributed by atoms with van der Waals surface area (Å²) >= 11 is 0. The summed E-state index contributed by atoms with van der Waals surface area (Å²) in [6.45, 7) is 4.89. The summed E-state index contributed by atoms with van der Waals surface area (Å²) in [6.07, 6.45) is 3.07. The maximum absolute atomic E-state index is 13.0. The first-order valence-electron chi connectivity index (χ1n) is 9.78. The van der Waals surface area contributed by atoms with Crippen LogP contribution < -0.4 is 5.32 Å². The molecule has 0 spiro atoms. The lowest BCUT2D eigenvalue weighted by Crippen LogP contribution is -2.59. The maximum atomic E-state index is 13.0. The molecule has 8 nitrogen and oxygen atoms in total. The Kier molecular flexibility index (Phi) is 7.62. The standard InChI is InChI=1S/C19H30N2O6/c1-12(2)7-10-27-16(22)11-15-17(23)20-8-9-21(15)18(24)13-5-3-4-6-14(13)19(25)26/h12-15H,3-11H2,1-2H3,(H,20,23)(H,25,26). The fourth-order valence-corrected chi connectivity index (χ4v) is 3.74. The van der Waals surface area contributed by atoms with Gasteiger partial charge in [0, 0.05) is 13.1 Å². The van der Waals surface area contributed by atoms with E-state index < -0.39 is 35.7 Å². The Hall–Kier alpha value is -2.12. The lowest BCUT2D eigenvalue weighted by molar-refractivity contribution is -0.158. The summed E-state index contributed by atoms with van der Waals surface area (Å²) in [6, 6.07) is -0.936. The van der Waals surface area contributed by atoms with Crippen molar-refractivity contribution in [3.8, 4) is 0 Å². The number of rotatable bonds is 7. The highest BCUT2D eigenvalue weighted by molar-refractivity contribution is 5.93.